The molecule has 1 aromatic heterocycles. The fourth-order valence-electron chi connectivity index (χ4n) is 2.35. The number of hydrogen-bond acceptors (Lipinski definition) is 5. The minimum atomic E-state index is -0.713. The number of nitrogens with zero attached hydrogens (tertiary/aromatic N) is 3. The molecule has 0 radical (unpaired) electrons. The largest absolute Gasteiger partial charge is 0.467 e. The van der Waals surface area contributed by atoms with Gasteiger partial charge in [-0.15, -0.1) is 0 Å². The van der Waals surface area contributed by atoms with Crippen LogP contribution in [-0.4, -0.2) is 59.5 Å². The summed E-state index contributed by atoms with van der Waals surface area (Å²) in [6, 6.07) is 0. The summed E-state index contributed by atoms with van der Waals surface area (Å²) in [5.74, 6) is -0.576. The number of methoxy groups -OCH3 is 1. The lowest BCUT2D eigenvalue weighted by Gasteiger charge is -2.31. The maximum atomic E-state index is 12.6. The molecular weight excluding hydrogens is 262 g/mol. The van der Waals surface area contributed by atoms with Crippen LogP contribution < -0.4 is 0 Å². The van der Waals surface area contributed by atoms with Crippen LogP contribution in [0.15, 0.2) is 0 Å². The average molecular weight is 281 g/mol. The molecule has 1 atom stereocenters. The Bertz CT molecular complexity index is 538. The number of aromatic nitrogens is 2. The Morgan fingerprint density at radius 2 is 2.10 bits per heavy atom. The first-order chi connectivity index (χ1) is 9.45. The molecule has 1 saturated heterocycles. The number of esters is 1. The van der Waals surface area contributed by atoms with E-state index in [2.05, 4.69) is 9.84 Å². The zero-order valence-corrected chi connectivity index (χ0v) is 12.2. The second kappa shape index (κ2) is 5.62. The first-order valence-corrected chi connectivity index (χ1v) is 6.44. The Hall–Kier alpha value is -1.89. The van der Waals surface area contributed by atoms with Crippen LogP contribution in [0.5, 0.6) is 0 Å². The maximum Gasteiger partial charge on any atom is 0.336 e. The van der Waals surface area contributed by atoms with Gasteiger partial charge in [-0.05, 0) is 13.8 Å². The van der Waals surface area contributed by atoms with Crippen LogP contribution in [-0.2, 0) is 21.3 Å². The lowest BCUT2D eigenvalue weighted by atomic mass is 10.1. The molecule has 7 heteroatoms. The van der Waals surface area contributed by atoms with E-state index in [0.29, 0.717) is 24.4 Å². The van der Waals surface area contributed by atoms with Crippen LogP contribution >= 0.6 is 0 Å². The van der Waals surface area contributed by atoms with Crippen molar-refractivity contribution in [3.63, 3.8) is 0 Å². The minimum Gasteiger partial charge on any atom is -0.467 e. The molecule has 2 rings (SSSR count). The predicted octanol–water partition coefficient (Wildman–Crippen LogP) is 0.0509. The normalized spacial score (nSPS) is 19.0. The van der Waals surface area contributed by atoms with Gasteiger partial charge in [0.05, 0.1) is 31.5 Å². The van der Waals surface area contributed by atoms with E-state index >= 15 is 0 Å². The molecule has 0 N–H and O–H groups in total. The van der Waals surface area contributed by atoms with Crippen molar-refractivity contribution in [2.24, 2.45) is 7.05 Å². The Labute approximate surface area is 117 Å². The van der Waals surface area contributed by atoms with Gasteiger partial charge in [0.2, 0.25) is 0 Å². The van der Waals surface area contributed by atoms with Crippen molar-refractivity contribution in [1.29, 1.82) is 0 Å². The third-order valence-corrected chi connectivity index (χ3v) is 3.54. The summed E-state index contributed by atoms with van der Waals surface area (Å²) in [7, 11) is 3.11. The molecule has 2 heterocycles. The summed E-state index contributed by atoms with van der Waals surface area (Å²) in [4.78, 5) is 25.7. The highest BCUT2D eigenvalue weighted by molar-refractivity contribution is 5.96. The number of hydrogen-bond donors (Lipinski definition) is 0. The monoisotopic (exact) mass is 281 g/mol. The molecule has 110 valence electrons. The summed E-state index contributed by atoms with van der Waals surface area (Å²) >= 11 is 0. The highest BCUT2D eigenvalue weighted by Gasteiger charge is 2.32. The maximum absolute atomic E-state index is 12.6. The Morgan fingerprint density at radius 3 is 2.65 bits per heavy atom. The van der Waals surface area contributed by atoms with Gasteiger partial charge in [0.15, 0.2) is 6.10 Å². The third-order valence-electron chi connectivity index (χ3n) is 3.54. The van der Waals surface area contributed by atoms with Crippen molar-refractivity contribution in [1.82, 2.24) is 14.7 Å². The van der Waals surface area contributed by atoms with Crippen molar-refractivity contribution in [3.8, 4) is 0 Å². The SMILES string of the molecule is COC(=O)C1CN(C(=O)c2c(C)nn(C)c2C)CCO1. The van der Waals surface area contributed by atoms with E-state index in [-0.39, 0.29) is 12.5 Å². The number of carbonyl (C=O) groups is 2. The zero-order valence-electron chi connectivity index (χ0n) is 12.2. The van der Waals surface area contributed by atoms with Crippen LogP contribution in [0.3, 0.4) is 0 Å². The van der Waals surface area contributed by atoms with E-state index < -0.39 is 12.1 Å². The highest BCUT2D eigenvalue weighted by atomic mass is 16.6. The summed E-state index contributed by atoms with van der Waals surface area (Å²) in [6.07, 6.45) is -0.713. The van der Waals surface area contributed by atoms with Crippen molar-refractivity contribution in [2.45, 2.75) is 20.0 Å². The molecule has 1 fully saturated rings. The molecule has 7 nitrogen and oxygen atoms in total. The van der Waals surface area contributed by atoms with Crippen LogP contribution in [0, 0.1) is 13.8 Å². The minimum absolute atomic E-state index is 0.120. The predicted molar refractivity (Wildman–Crippen MR) is 70.3 cm³/mol. The number of aryl methyl sites for hydroxylation is 2. The van der Waals surface area contributed by atoms with Gasteiger partial charge in [-0.25, -0.2) is 4.79 Å². The lowest BCUT2D eigenvalue weighted by molar-refractivity contribution is -0.158. The van der Waals surface area contributed by atoms with Gasteiger partial charge in [0, 0.05) is 19.3 Å². The quantitative estimate of drug-likeness (QED) is 0.716. The number of morpholine rings is 1. The number of carbonyl (C=O) groups excluding carboxylic acids is 2. The van der Waals surface area contributed by atoms with E-state index in [1.165, 1.54) is 7.11 Å². The molecular formula is C13H19N3O4. The fraction of sp³-hybridized carbons (Fsp3) is 0.615. The molecule has 0 bridgehead atoms. The van der Waals surface area contributed by atoms with E-state index in [9.17, 15) is 9.59 Å². The molecule has 1 aliphatic heterocycles. The van der Waals surface area contributed by atoms with Crippen molar-refractivity contribution in [2.75, 3.05) is 26.8 Å². The first-order valence-electron chi connectivity index (χ1n) is 6.44. The number of ether oxygens (including phenoxy) is 2. The first kappa shape index (κ1) is 14.5. The molecule has 0 aromatic carbocycles. The highest BCUT2D eigenvalue weighted by Crippen LogP contribution is 2.17. The molecule has 0 spiro atoms. The second-order valence-electron chi connectivity index (χ2n) is 4.80. The molecule has 1 aliphatic rings. The van der Waals surface area contributed by atoms with Gasteiger partial charge >= 0.3 is 5.97 Å². The summed E-state index contributed by atoms with van der Waals surface area (Å²) in [6.45, 7) is 4.65. The number of rotatable bonds is 2. The summed E-state index contributed by atoms with van der Waals surface area (Å²) < 4.78 is 11.7. The third kappa shape index (κ3) is 2.53. The van der Waals surface area contributed by atoms with Gasteiger partial charge in [0.25, 0.3) is 5.91 Å². The van der Waals surface area contributed by atoms with Crippen molar-refractivity contribution < 1.29 is 19.1 Å². The van der Waals surface area contributed by atoms with Gasteiger partial charge in [-0.1, -0.05) is 0 Å². The number of amides is 1. The fourth-order valence-corrected chi connectivity index (χ4v) is 2.35. The molecule has 1 aromatic rings. The van der Waals surface area contributed by atoms with E-state index in [1.54, 1.807) is 23.6 Å². The smallest absolute Gasteiger partial charge is 0.336 e. The molecule has 1 unspecified atom stereocenters. The summed E-state index contributed by atoms with van der Waals surface area (Å²) in [5, 5.41) is 4.24. The van der Waals surface area contributed by atoms with Gasteiger partial charge in [-0.2, -0.15) is 5.10 Å². The van der Waals surface area contributed by atoms with Gasteiger partial charge < -0.3 is 14.4 Å². The van der Waals surface area contributed by atoms with Crippen molar-refractivity contribution in [3.05, 3.63) is 17.0 Å². The standard InChI is InChI=1S/C13H19N3O4/c1-8-11(9(2)15(3)14-8)12(17)16-5-6-20-10(7-16)13(18)19-4/h10H,5-7H2,1-4H3. The van der Waals surface area contributed by atoms with Crippen LogP contribution in [0.1, 0.15) is 21.7 Å². The molecule has 0 aliphatic carbocycles. The molecule has 20 heavy (non-hydrogen) atoms. The Kier molecular flexibility index (Phi) is 4.08. The Morgan fingerprint density at radius 1 is 1.40 bits per heavy atom. The van der Waals surface area contributed by atoms with Gasteiger partial charge in [0.1, 0.15) is 0 Å². The second-order valence-corrected chi connectivity index (χ2v) is 4.80. The van der Waals surface area contributed by atoms with Crippen LogP contribution in [0.25, 0.3) is 0 Å². The Balaban J connectivity index is 2.18. The van der Waals surface area contributed by atoms with E-state index in [1.807, 2.05) is 6.92 Å². The topological polar surface area (TPSA) is 73.7 Å². The van der Waals surface area contributed by atoms with E-state index in [4.69, 9.17) is 4.74 Å². The van der Waals surface area contributed by atoms with E-state index in [0.717, 1.165) is 5.69 Å². The van der Waals surface area contributed by atoms with Crippen LogP contribution in [0.2, 0.25) is 0 Å². The van der Waals surface area contributed by atoms with Crippen LogP contribution in [0.4, 0.5) is 0 Å². The molecule has 0 saturated carbocycles. The van der Waals surface area contributed by atoms with Crippen molar-refractivity contribution >= 4 is 11.9 Å². The lowest BCUT2D eigenvalue weighted by Crippen LogP contribution is -2.49. The van der Waals surface area contributed by atoms with Gasteiger partial charge in [-0.3, -0.25) is 9.48 Å². The average Bonchev–Trinajstić information content (AvgIpc) is 2.70. The molecule has 1 amide bonds. The summed E-state index contributed by atoms with van der Waals surface area (Å²) in [5.41, 5.74) is 2.10. The zero-order chi connectivity index (χ0) is 14.9.